The third kappa shape index (κ3) is 2.10. The van der Waals surface area contributed by atoms with Crippen LogP contribution in [-0.2, 0) is 6.42 Å². The Hall–Kier alpha value is -0.760. The Morgan fingerprint density at radius 3 is 3.00 bits per heavy atom. The van der Waals surface area contributed by atoms with Crippen LogP contribution >= 0.6 is 0 Å². The van der Waals surface area contributed by atoms with Gasteiger partial charge >= 0.3 is 0 Å². The van der Waals surface area contributed by atoms with E-state index in [2.05, 4.69) is 36.0 Å². The van der Waals surface area contributed by atoms with Crippen molar-refractivity contribution in [2.24, 2.45) is 0 Å². The summed E-state index contributed by atoms with van der Waals surface area (Å²) in [7, 11) is 0. The number of H-pyrrole nitrogens is 1. The fourth-order valence-corrected chi connectivity index (χ4v) is 2.72. The van der Waals surface area contributed by atoms with E-state index in [1.54, 1.807) is 5.56 Å². The van der Waals surface area contributed by atoms with Gasteiger partial charge in [0.25, 0.3) is 0 Å². The Bertz CT molecular complexity index is 303. The molecule has 2 heteroatoms. The molecule has 0 saturated heterocycles. The van der Waals surface area contributed by atoms with Gasteiger partial charge in [-0.2, -0.15) is 0 Å². The quantitative estimate of drug-likeness (QED) is 0.802. The lowest BCUT2D eigenvalue weighted by atomic mass is 9.95. The number of hydrogen-bond acceptors (Lipinski definition) is 1. The van der Waals surface area contributed by atoms with Gasteiger partial charge in [0.1, 0.15) is 0 Å². The topological polar surface area (TPSA) is 19.0 Å². The molecule has 0 radical (unpaired) electrons. The Balaban J connectivity index is 2.18. The Labute approximate surface area is 92.7 Å². The zero-order valence-electron chi connectivity index (χ0n) is 9.92. The SMILES string of the molecule is CCCC1c2cc[nH]c2CCN1CCC. The van der Waals surface area contributed by atoms with Crippen LogP contribution < -0.4 is 0 Å². The highest BCUT2D eigenvalue weighted by Crippen LogP contribution is 2.32. The van der Waals surface area contributed by atoms with Crippen LogP contribution in [0.1, 0.15) is 50.4 Å². The van der Waals surface area contributed by atoms with Crippen molar-refractivity contribution in [1.82, 2.24) is 9.88 Å². The summed E-state index contributed by atoms with van der Waals surface area (Å²) in [5, 5.41) is 0. The number of rotatable bonds is 4. The normalized spacial score (nSPS) is 21.6. The van der Waals surface area contributed by atoms with Gasteiger partial charge in [0, 0.05) is 30.9 Å². The molecule has 1 aromatic heterocycles. The van der Waals surface area contributed by atoms with E-state index >= 15 is 0 Å². The predicted octanol–water partition coefficient (Wildman–Crippen LogP) is 3.12. The van der Waals surface area contributed by atoms with Gasteiger partial charge < -0.3 is 4.98 Å². The fraction of sp³-hybridized carbons (Fsp3) is 0.692. The van der Waals surface area contributed by atoms with Crippen molar-refractivity contribution in [2.45, 2.75) is 45.6 Å². The first kappa shape index (κ1) is 10.7. The molecule has 0 saturated carbocycles. The Morgan fingerprint density at radius 2 is 2.27 bits per heavy atom. The van der Waals surface area contributed by atoms with E-state index in [1.165, 1.54) is 44.5 Å². The van der Waals surface area contributed by atoms with Crippen molar-refractivity contribution in [2.75, 3.05) is 13.1 Å². The summed E-state index contributed by atoms with van der Waals surface area (Å²) in [6.07, 6.45) is 7.13. The minimum absolute atomic E-state index is 0.671. The lowest BCUT2D eigenvalue weighted by Crippen LogP contribution is -2.35. The second kappa shape index (κ2) is 4.84. The maximum absolute atomic E-state index is 3.38. The van der Waals surface area contributed by atoms with Gasteiger partial charge in [-0.1, -0.05) is 20.3 Å². The van der Waals surface area contributed by atoms with E-state index in [0.29, 0.717) is 6.04 Å². The molecule has 1 aliphatic heterocycles. The molecule has 1 N–H and O–H groups in total. The Morgan fingerprint density at radius 1 is 1.40 bits per heavy atom. The molecular formula is C13H22N2. The van der Waals surface area contributed by atoms with Crippen molar-refractivity contribution >= 4 is 0 Å². The van der Waals surface area contributed by atoms with Crippen LogP contribution in [0.25, 0.3) is 0 Å². The first-order valence-electron chi connectivity index (χ1n) is 6.27. The fourth-order valence-electron chi connectivity index (χ4n) is 2.72. The molecule has 1 unspecified atom stereocenters. The molecule has 84 valence electrons. The van der Waals surface area contributed by atoms with Gasteiger partial charge in [-0.25, -0.2) is 0 Å². The average molecular weight is 206 g/mol. The van der Waals surface area contributed by atoms with Gasteiger partial charge in [0.15, 0.2) is 0 Å². The third-order valence-corrected chi connectivity index (χ3v) is 3.39. The monoisotopic (exact) mass is 206 g/mol. The highest BCUT2D eigenvalue weighted by atomic mass is 15.2. The molecule has 0 spiro atoms. The minimum Gasteiger partial charge on any atom is -0.365 e. The smallest absolute Gasteiger partial charge is 0.0365 e. The molecule has 15 heavy (non-hydrogen) atoms. The number of aromatic amines is 1. The van der Waals surface area contributed by atoms with E-state index in [-0.39, 0.29) is 0 Å². The predicted molar refractivity (Wildman–Crippen MR) is 64.0 cm³/mol. The minimum atomic E-state index is 0.671. The highest BCUT2D eigenvalue weighted by molar-refractivity contribution is 5.27. The molecule has 1 aromatic rings. The molecule has 2 heterocycles. The van der Waals surface area contributed by atoms with E-state index < -0.39 is 0 Å². The lowest BCUT2D eigenvalue weighted by Gasteiger charge is -2.35. The van der Waals surface area contributed by atoms with Crippen LogP contribution in [0.4, 0.5) is 0 Å². The van der Waals surface area contributed by atoms with Crippen molar-refractivity contribution in [3.8, 4) is 0 Å². The molecule has 2 nitrogen and oxygen atoms in total. The second-order valence-corrected chi connectivity index (χ2v) is 4.50. The van der Waals surface area contributed by atoms with E-state index in [0.717, 1.165) is 0 Å². The van der Waals surface area contributed by atoms with Crippen molar-refractivity contribution in [3.05, 3.63) is 23.5 Å². The molecule has 0 aliphatic carbocycles. The summed E-state index contributed by atoms with van der Waals surface area (Å²) in [5.74, 6) is 0. The first-order chi connectivity index (χ1) is 7.36. The van der Waals surface area contributed by atoms with Crippen molar-refractivity contribution in [1.29, 1.82) is 0 Å². The Kier molecular flexibility index (Phi) is 3.47. The maximum atomic E-state index is 3.38. The number of hydrogen-bond donors (Lipinski definition) is 1. The van der Waals surface area contributed by atoms with Gasteiger partial charge in [-0.15, -0.1) is 0 Å². The van der Waals surface area contributed by atoms with Crippen LogP contribution in [-0.4, -0.2) is 23.0 Å². The molecule has 2 rings (SSSR count). The van der Waals surface area contributed by atoms with Gasteiger partial charge in [-0.05, 0) is 31.0 Å². The average Bonchev–Trinajstić information content (AvgIpc) is 2.70. The van der Waals surface area contributed by atoms with Crippen molar-refractivity contribution < 1.29 is 0 Å². The molecule has 0 bridgehead atoms. The largest absolute Gasteiger partial charge is 0.365 e. The summed E-state index contributed by atoms with van der Waals surface area (Å²) in [6.45, 7) is 7.03. The van der Waals surface area contributed by atoms with Crippen LogP contribution in [0.2, 0.25) is 0 Å². The summed E-state index contributed by atoms with van der Waals surface area (Å²) in [6, 6.07) is 2.95. The number of nitrogens with zero attached hydrogens (tertiary/aromatic N) is 1. The summed E-state index contributed by atoms with van der Waals surface area (Å²) in [5.41, 5.74) is 3.03. The molecule has 1 atom stereocenters. The standard InChI is InChI=1S/C13H22N2/c1-3-5-13-11-6-8-14-12(11)7-10-15(13)9-4-2/h6,8,13-14H,3-5,7,9-10H2,1-2H3. The number of aromatic nitrogens is 1. The zero-order valence-corrected chi connectivity index (χ0v) is 9.92. The molecular weight excluding hydrogens is 184 g/mol. The first-order valence-corrected chi connectivity index (χ1v) is 6.27. The maximum Gasteiger partial charge on any atom is 0.0365 e. The summed E-state index contributed by atoms with van der Waals surface area (Å²) >= 11 is 0. The van der Waals surface area contributed by atoms with Gasteiger partial charge in [0.2, 0.25) is 0 Å². The number of nitrogens with one attached hydrogen (secondary N) is 1. The van der Waals surface area contributed by atoms with Crippen molar-refractivity contribution in [3.63, 3.8) is 0 Å². The summed E-state index contributed by atoms with van der Waals surface area (Å²) < 4.78 is 0. The molecule has 0 aromatic carbocycles. The third-order valence-electron chi connectivity index (χ3n) is 3.39. The number of fused-ring (bicyclic) bond motifs is 1. The van der Waals surface area contributed by atoms with Crippen LogP contribution in [0.3, 0.4) is 0 Å². The van der Waals surface area contributed by atoms with Crippen LogP contribution in [0.15, 0.2) is 12.3 Å². The van der Waals surface area contributed by atoms with Gasteiger partial charge in [-0.3, -0.25) is 4.90 Å². The highest BCUT2D eigenvalue weighted by Gasteiger charge is 2.26. The zero-order chi connectivity index (χ0) is 10.7. The van der Waals surface area contributed by atoms with Gasteiger partial charge in [0.05, 0.1) is 0 Å². The summed E-state index contributed by atoms with van der Waals surface area (Å²) in [4.78, 5) is 6.03. The lowest BCUT2D eigenvalue weighted by molar-refractivity contribution is 0.174. The van der Waals surface area contributed by atoms with Crippen LogP contribution in [0, 0.1) is 0 Å². The van der Waals surface area contributed by atoms with E-state index in [4.69, 9.17) is 0 Å². The van der Waals surface area contributed by atoms with E-state index in [9.17, 15) is 0 Å². The van der Waals surface area contributed by atoms with E-state index in [1.807, 2.05) is 0 Å². The molecule has 0 fully saturated rings. The second-order valence-electron chi connectivity index (χ2n) is 4.50. The molecule has 0 amide bonds. The van der Waals surface area contributed by atoms with Crippen LogP contribution in [0.5, 0.6) is 0 Å². The molecule has 1 aliphatic rings.